The molecule has 1 aliphatic rings. The van der Waals surface area contributed by atoms with Crippen molar-refractivity contribution in [3.8, 4) is 12.1 Å². The summed E-state index contributed by atoms with van der Waals surface area (Å²) >= 11 is 6.44. The minimum absolute atomic E-state index is 0.146. The van der Waals surface area contributed by atoms with Gasteiger partial charge in [0.05, 0.1) is 24.0 Å². The number of nitrogens with zero attached hydrogens (tertiary/aromatic N) is 3. The summed E-state index contributed by atoms with van der Waals surface area (Å²) in [5, 5.41) is 17.7. The first-order valence-corrected chi connectivity index (χ1v) is 11.7. The molecule has 0 aromatic heterocycles. The highest BCUT2D eigenvalue weighted by atomic mass is 33.1. The molecule has 1 heterocycles. The summed E-state index contributed by atoms with van der Waals surface area (Å²) in [6.45, 7) is 7.63. The smallest absolute Gasteiger partial charge is 0.128 e. The first-order valence-electron chi connectivity index (χ1n) is 10.1. The molecule has 3 rings (SSSR count). The van der Waals surface area contributed by atoms with E-state index in [0.717, 1.165) is 18.7 Å². The van der Waals surface area contributed by atoms with Crippen LogP contribution in [0.25, 0.3) is 0 Å². The van der Waals surface area contributed by atoms with Crippen molar-refractivity contribution in [2.24, 2.45) is 0 Å². The molecule has 0 bridgehead atoms. The van der Waals surface area contributed by atoms with Crippen molar-refractivity contribution in [2.75, 3.05) is 20.1 Å². The lowest BCUT2D eigenvalue weighted by molar-refractivity contribution is 0.219. The Morgan fingerprint density at radius 1 is 1.00 bits per heavy atom. The standard InChI is InChI=1S/C14H17FN2.C8H6FN.C2H6.H2S2/c1-11-3-4-13(15)12(9-11)14(10-16)5-7-17(2)8-6-14;9-8-4-2-1-3-7(8)5-6-10;2*1-2/h3-4,9H,5-8H2,1-2H3;1-4H,5H2;1-2H3;1-2H. The number of hydrogen-bond acceptors (Lipinski definition) is 5. The molecule has 0 spiro atoms. The van der Waals surface area contributed by atoms with E-state index in [4.69, 9.17) is 5.26 Å². The number of halogens is 2. The third-order valence-corrected chi connectivity index (χ3v) is 4.92. The third kappa shape index (κ3) is 8.91. The van der Waals surface area contributed by atoms with Crippen LogP contribution in [0.5, 0.6) is 0 Å². The average Bonchev–Trinajstić information content (AvgIpc) is 2.81. The number of nitriles is 2. The van der Waals surface area contributed by atoms with Crippen LogP contribution in [0.1, 0.15) is 43.4 Å². The van der Waals surface area contributed by atoms with Gasteiger partial charge in [-0.25, -0.2) is 8.78 Å². The molecule has 1 aliphatic heterocycles. The van der Waals surface area contributed by atoms with Gasteiger partial charge in [-0.15, -0.1) is 23.3 Å². The molecule has 7 heteroatoms. The number of aryl methyl sites for hydroxylation is 1. The SMILES string of the molecule is CC.Cc1ccc(F)c(C2(C#N)CCN(C)CC2)c1.N#CCc1ccccc1F.SS. The lowest BCUT2D eigenvalue weighted by Crippen LogP contribution is -2.40. The van der Waals surface area contributed by atoms with Crippen molar-refractivity contribution in [2.45, 2.75) is 45.4 Å². The maximum atomic E-state index is 13.9. The molecular formula is C24H31F2N3S2. The van der Waals surface area contributed by atoms with Gasteiger partial charge in [-0.2, -0.15) is 10.5 Å². The Hall–Kier alpha value is -2.06. The summed E-state index contributed by atoms with van der Waals surface area (Å²) in [6, 6.07) is 15.6. The van der Waals surface area contributed by atoms with Gasteiger partial charge < -0.3 is 4.90 Å². The Bertz CT molecular complexity index is 868. The average molecular weight is 464 g/mol. The van der Waals surface area contributed by atoms with Crippen molar-refractivity contribution in [1.82, 2.24) is 4.90 Å². The molecule has 0 radical (unpaired) electrons. The highest BCUT2D eigenvalue weighted by molar-refractivity contribution is 8.59. The van der Waals surface area contributed by atoms with Crippen molar-refractivity contribution >= 4 is 23.3 Å². The van der Waals surface area contributed by atoms with Crippen LogP contribution in [-0.2, 0) is 11.8 Å². The van der Waals surface area contributed by atoms with E-state index in [0.29, 0.717) is 24.0 Å². The number of thiol groups is 2. The van der Waals surface area contributed by atoms with E-state index < -0.39 is 5.41 Å². The van der Waals surface area contributed by atoms with Gasteiger partial charge >= 0.3 is 0 Å². The summed E-state index contributed by atoms with van der Waals surface area (Å²) in [5.74, 6) is -0.550. The molecule has 0 unspecified atom stereocenters. The Labute approximate surface area is 195 Å². The third-order valence-electron chi connectivity index (χ3n) is 4.92. The molecule has 31 heavy (non-hydrogen) atoms. The molecular weight excluding hydrogens is 432 g/mol. The number of rotatable bonds is 2. The van der Waals surface area contributed by atoms with Gasteiger partial charge in [0.1, 0.15) is 11.6 Å². The zero-order valence-electron chi connectivity index (χ0n) is 18.6. The van der Waals surface area contributed by atoms with Gasteiger partial charge in [0.25, 0.3) is 0 Å². The minimum atomic E-state index is -0.636. The van der Waals surface area contributed by atoms with Crippen LogP contribution >= 0.6 is 23.3 Å². The largest absolute Gasteiger partial charge is 0.306 e. The summed E-state index contributed by atoms with van der Waals surface area (Å²) in [7, 11) is 2.04. The van der Waals surface area contributed by atoms with Gasteiger partial charge in [-0.1, -0.05) is 49.7 Å². The Morgan fingerprint density at radius 2 is 1.58 bits per heavy atom. The predicted octanol–water partition coefficient (Wildman–Crippen LogP) is 6.30. The fourth-order valence-corrected chi connectivity index (χ4v) is 3.17. The van der Waals surface area contributed by atoms with Crippen LogP contribution in [0, 0.1) is 41.2 Å². The maximum absolute atomic E-state index is 13.9. The van der Waals surface area contributed by atoms with E-state index in [2.05, 4.69) is 34.3 Å². The van der Waals surface area contributed by atoms with E-state index in [-0.39, 0.29) is 18.1 Å². The number of hydrogen-bond donors (Lipinski definition) is 2. The fourth-order valence-electron chi connectivity index (χ4n) is 3.17. The van der Waals surface area contributed by atoms with E-state index in [1.807, 2.05) is 40.0 Å². The van der Waals surface area contributed by atoms with Crippen molar-refractivity contribution in [3.05, 3.63) is 70.8 Å². The molecule has 0 atom stereocenters. The summed E-state index contributed by atoms with van der Waals surface area (Å²) < 4.78 is 26.5. The topological polar surface area (TPSA) is 50.8 Å². The van der Waals surface area contributed by atoms with Gasteiger partial charge in [-0.3, -0.25) is 0 Å². The van der Waals surface area contributed by atoms with Crippen LogP contribution in [0.2, 0.25) is 0 Å². The molecule has 2 aromatic rings. The Kier molecular flexibility index (Phi) is 14.7. The Balaban J connectivity index is 0.000000549. The second-order valence-electron chi connectivity index (χ2n) is 6.91. The highest BCUT2D eigenvalue weighted by Gasteiger charge is 2.37. The van der Waals surface area contributed by atoms with Crippen LogP contribution in [0.4, 0.5) is 8.78 Å². The molecule has 0 saturated carbocycles. The maximum Gasteiger partial charge on any atom is 0.128 e. The van der Waals surface area contributed by atoms with Crippen molar-refractivity contribution < 1.29 is 8.78 Å². The lowest BCUT2D eigenvalue weighted by Gasteiger charge is -2.36. The molecule has 3 nitrogen and oxygen atoms in total. The van der Waals surface area contributed by atoms with Gasteiger partial charge in [0.2, 0.25) is 0 Å². The number of benzene rings is 2. The van der Waals surface area contributed by atoms with E-state index >= 15 is 0 Å². The first-order chi connectivity index (χ1) is 14.9. The molecule has 1 saturated heterocycles. The molecule has 0 aliphatic carbocycles. The van der Waals surface area contributed by atoms with Gasteiger partial charge in [0.15, 0.2) is 0 Å². The van der Waals surface area contributed by atoms with Gasteiger partial charge in [0, 0.05) is 11.1 Å². The van der Waals surface area contributed by atoms with Crippen LogP contribution in [0.3, 0.4) is 0 Å². The summed E-state index contributed by atoms with van der Waals surface area (Å²) in [6.07, 6.45) is 1.56. The molecule has 0 N–H and O–H groups in total. The van der Waals surface area contributed by atoms with Crippen LogP contribution in [-0.4, -0.2) is 25.0 Å². The quantitative estimate of drug-likeness (QED) is 0.406. The molecule has 1 fully saturated rings. The normalized spacial score (nSPS) is 14.1. The summed E-state index contributed by atoms with van der Waals surface area (Å²) in [5.41, 5.74) is 1.41. The van der Waals surface area contributed by atoms with Crippen molar-refractivity contribution in [1.29, 1.82) is 10.5 Å². The Morgan fingerprint density at radius 3 is 2.10 bits per heavy atom. The lowest BCUT2D eigenvalue weighted by atomic mass is 9.73. The number of piperidine rings is 1. The highest BCUT2D eigenvalue weighted by Crippen LogP contribution is 2.36. The molecule has 168 valence electrons. The minimum Gasteiger partial charge on any atom is -0.306 e. The van der Waals surface area contributed by atoms with E-state index in [1.165, 1.54) is 12.1 Å². The second kappa shape index (κ2) is 15.7. The van der Waals surface area contributed by atoms with Crippen molar-refractivity contribution in [3.63, 3.8) is 0 Å². The van der Waals surface area contributed by atoms with E-state index in [9.17, 15) is 14.0 Å². The second-order valence-corrected chi connectivity index (χ2v) is 6.91. The van der Waals surface area contributed by atoms with Gasteiger partial charge in [-0.05, 0) is 52.0 Å². The first kappa shape index (κ1) is 28.9. The fraction of sp³-hybridized carbons (Fsp3) is 0.417. The van der Waals surface area contributed by atoms with E-state index in [1.54, 1.807) is 24.3 Å². The number of likely N-dealkylation sites (tertiary alicyclic amines) is 1. The predicted molar refractivity (Wildman–Crippen MR) is 130 cm³/mol. The molecule has 2 aromatic carbocycles. The van der Waals surface area contributed by atoms with Crippen LogP contribution < -0.4 is 0 Å². The van der Waals surface area contributed by atoms with Crippen LogP contribution in [0.15, 0.2) is 42.5 Å². The zero-order chi connectivity index (χ0) is 23.9. The monoisotopic (exact) mass is 463 g/mol. The summed E-state index contributed by atoms with van der Waals surface area (Å²) in [4.78, 5) is 2.18. The molecule has 0 amide bonds. The zero-order valence-corrected chi connectivity index (χ0v) is 20.4.